The van der Waals surface area contributed by atoms with Gasteiger partial charge in [0, 0.05) is 19.6 Å². The smallest absolute Gasteiger partial charge is 0.00340 e. The lowest BCUT2D eigenvalue weighted by atomic mass is 10.0. The van der Waals surface area contributed by atoms with Gasteiger partial charge in [-0.3, -0.25) is 0 Å². The van der Waals surface area contributed by atoms with E-state index in [9.17, 15) is 0 Å². The predicted octanol–water partition coefficient (Wildman–Crippen LogP) is 0.302. The van der Waals surface area contributed by atoms with Crippen LogP contribution in [-0.2, 0) is 0 Å². The summed E-state index contributed by atoms with van der Waals surface area (Å²) in [7, 11) is 0. The molecular weight excluding hydrogens is 124 g/mol. The second-order valence-corrected chi connectivity index (χ2v) is 3.53. The molecule has 2 aliphatic rings. The monoisotopic (exact) mass is 140 g/mol. The summed E-state index contributed by atoms with van der Waals surface area (Å²) in [6, 6.07) is 0. The Bertz CT molecular complexity index is 104. The topological polar surface area (TPSA) is 15.3 Å². The Morgan fingerprint density at radius 1 is 1.20 bits per heavy atom. The summed E-state index contributed by atoms with van der Waals surface area (Å²) in [6.45, 7) is 6.59. The summed E-state index contributed by atoms with van der Waals surface area (Å²) in [5.41, 5.74) is 0. The van der Waals surface area contributed by atoms with Gasteiger partial charge in [0.25, 0.3) is 0 Å². The van der Waals surface area contributed by atoms with Gasteiger partial charge >= 0.3 is 0 Å². The van der Waals surface area contributed by atoms with Gasteiger partial charge in [0.1, 0.15) is 0 Å². The number of likely N-dealkylation sites (tertiary alicyclic amines) is 1. The van der Waals surface area contributed by atoms with Crippen LogP contribution in [0.2, 0.25) is 0 Å². The number of hydrogen-bond donors (Lipinski definition) is 1. The maximum absolute atomic E-state index is 3.31. The molecule has 2 heteroatoms. The first-order valence-electron chi connectivity index (χ1n) is 4.38. The maximum Gasteiger partial charge on any atom is 0.00340 e. The van der Waals surface area contributed by atoms with Gasteiger partial charge in [0.05, 0.1) is 0 Å². The first-order chi connectivity index (χ1) is 4.95. The molecule has 0 radical (unpaired) electrons. The zero-order valence-electron chi connectivity index (χ0n) is 6.47. The SMILES string of the molecule is C1CCN(CC2CNC2)C1. The molecule has 0 unspecified atom stereocenters. The van der Waals surface area contributed by atoms with Gasteiger partial charge in [-0.2, -0.15) is 0 Å². The molecule has 0 atom stereocenters. The highest BCUT2D eigenvalue weighted by Gasteiger charge is 2.21. The summed E-state index contributed by atoms with van der Waals surface area (Å²) < 4.78 is 0. The minimum Gasteiger partial charge on any atom is -0.316 e. The van der Waals surface area contributed by atoms with E-state index in [4.69, 9.17) is 0 Å². The summed E-state index contributed by atoms with van der Waals surface area (Å²) in [5.74, 6) is 0.970. The van der Waals surface area contributed by atoms with Crippen LogP contribution in [0.1, 0.15) is 12.8 Å². The van der Waals surface area contributed by atoms with E-state index >= 15 is 0 Å². The minimum atomic E-state index is 0.970. The van der Waals surface area contributed by atoms with E-state index < -0.39 is 0 Å². The van der Waals surface area contributed by atoms with Crippen LogP contribution in [0, 0.1) is 5.92 Å². The minimum absolute atomic E-state index is 0.970. The van der Waals surface area contributed by atoms with E-state index in [0.29, 0.717) is 0 Å². The fourth-order valence-electron chi connectivity index (χ4n) is 1.81. The van der Waals surface area contributed by atoms with Gasteiger partial charge < -0.3 is 10.2 Å². The Labute approximate surface area is 62.6 Å². The fourth-order valence-corrected chi connectivity index (χ4v) is 1.81. The van der Waals surface area contributed by atoms with Crippen LogP contribution in [0.5, 0.6) is 0 Å². The van der Waals surface area contributed by atoms with Crippen molar-refractivity contribution >= 4 is 0 Å². The van der Waals surface area contributed by atoms with Crippen molar-refractivity contribution in [3.8, 4) is 0 Å². The zero-order valence-corrected chi connectivity index (χ0v) is 6.47. The van der Waals surface area contributed by atoms with E-state index in [1.165, 1.54) is 45.6 Å². The van der Waals surface area contributed by atoms with Crippen LogP contribution < -0.4 is 5.32 Å². The van der Waals surface area contributed by atoms with Gasteiger partial charge in [0.2, 0.25) is 0 Å². The lowest BCUT2D eigenvalue weighted by Crippen LogP contribution is -2.47. The largest absolute Gasteiger partial charge is 0.316 e. The van der Waals surface area contributed by atoms with Gasteiger partial charge in [-0.05, 0) is 31.8 Å². The van der Waals surface area contributed by atoms with Gasteiger partial charge in [-0.25, -0.2) is 0 Å². The third-order valence-corrected chi connectivity index (χ3v) is 2.58. The lowest BCUT2D eigenvalue weighted by molar-refractivity contribution is 0.224. The lowest BCUT2D eigenvalue weighted by Gasteiger charge is -2.30. The summed E-state index contributed by atoms with van der Waals surface area (Å²) in [5, 5.41) is 3.31. The highest BCUT2D eigenvalue weighted by molar-refractivity contribution is 4.79. The summed E-state index contributed by atoms with van der Waals surface area (Å²) >= 11 is 0. The molecule has 0 aromatic rings. The molecule has 2 aliphatic heterocycles. The molecule has 0 saturated carbocycles. The fraction of sp³-hybridized carbons (Fsp3) is 1.00. The van der Waals surface area contributed by atoms with E-state index in [1.807, 2.05) is 0 Å². The second-order valence-electron chi connectivity index (χ2n) is 3.53. The van der Waals surface area contributed by atoms with Crippen molar-refractivity contribution in [1.82, 2.24) is 10.2 Å². The zero-order chi connectivity index (χ0) is 6.81. The van der Waals surface area contributed by atoms with Crippen molar-refractivity contribution < 1.29 is 0 Å². The average Bonchev–Trinajstić information content (AvgIpc) is 2.29. The number of nitrogens with zero attached hydrogens (tertiary/aromatic N) is 1. The molecular formula is C8H16N2. The molecule has 0 aliphatic carbocycles. The first kappa shape index (κ1) is 6.62. The van der Waals surface area contributed by atoms with Crippen molar-refractivity contribution in [3.05, 3.63) is 0 Å². The average molecular weight is 140 g/mol. The Morgan fingerprint density at radius 2 is 1.90 bits per heavy atom. The highest BCUT2D eigenvalue weighted by Crippen LogP contribution is 2.12. The van der Waals surface area contributed by atoms with Crippen LogP contribution >= 0.6 is 0 Å². The molecule has 0 amide bonds. The van der Waals surface area contributed by atoms with Crippen LogP contribution in [0.15, 0.2) is 0 Å². The third kappa shape index (κ3) is 1.32. The normalized spacial score (nSPS) is 28.8. The Hall–Kier alpha value is -0.0800. The van der Waals surface area contributed by atoms with Crippen LogP contribution in [-0.4, -0.2) is 37.6 Å². The van der Waals surface area contributed by atoms with Crippen molar-refractivity contribution in [2.75, 3.05) is 32.7 Å². The van der Waals surface area contributed by atoms with E-state index in [-0.39, 0.29) is 0 Å². The van der Waals surface area contributed by atoms with E-state index in [2.05, 4.69) is 10.2 Å². The van der Waals surface area contributed by atoms with E-state index in [1.54, 1.807) is 0 Å². The summed E-state index contributed by atoms with van der Waals surface area (Å²) in [4.78, 5) is 2.60. The molecule has 0 spiro atoms. The van der Waals surface area contributed by atoms with E-state index in [0.717, 1.165) is 5.92 Å². The molecule has 58 valence electrons. The second kappa shape index (κ2) is 2.89. The Morgan fingerprint density at radius 3 is 2.40 bits per heavy atom. The number of rotatable bonds is 2. The quantitative estimate of drug-likeness (QED) is 0.593. The summed E-state index contributed by atoms with van der Waals surface area (Å²) in [6.07, 6.45) is 2.86. The molecule has 2 rings (SSSR count). The molecule has 1 N–H and O–H groups in total. The molecule has 0 bridgehead atoms. The molecule has 2 fully saturated rings. The van der Waals surface area contributed by atoms with Gasteiger partial charge in [0.15, 0.2) is 0 Å². The molecule has 0 aromatic heterocycles. The Balaban J connectivity index is 1.68. The van der Waals surface area contributed by atoms with Gasteiger partial charge in [-0.15, -0.1) is 0 Å². The number of hydrogen-bond acceptors (Lipinski definition) is 2. The molecule has 2 heterocycles. The van der Waals surface area contributed by atoms with Crippen molar-refractivity contribution in [1.29, 1.82) is 0 Å². The van der Waals surface area contributed by atoms with Crippen LogP contribution in [0.4, 0.5) is 0 Å². The third-order valence-electron chi connectivity index (χ3n) is 2.58. The van der Waals surface area contributed by atoms with Gasteiger partial charge in [-0.1, -0.05) is 0 Å². The van der Waals surface area contributed by atoms with Crippen molar-refractivity contribution in [2.24, 2.45) is 5.92 Å². The van der Waals surface area contributed by atoms with Crippen LogP contribution in [0.25, 0.3) is 0 Å². The predicted molar refractivity (Wildman–Crippen MR) is 42.0 cm³/mol. The molecule has 0 aromatic carbocycles. The number of nitrogens with one attached hydrogen (secondary N) is 1. The van der Waals surface area contributed by atoms with Crippen LogP contribution in [0.3, 0.4) is 0 Å². The molecule has 2 nitrogen and oxygen atoms in total. The highest BCUT2D eigenvalue weighted by atomic mass is 15.2. The molecule has 10 heavy (non-hydrogen) atoms. The van der Waals surface area contributed by atoms with Crippen molar-refractivity contribution in [2.45, 2.75) is 12.8 Å². The standard InChI is InChI=1S/C8H16N2/c1-2-4-10(3-1)7-8-5-9-6-8/h8-9H,1-7H2. The maximum atomic E-state index is 3.31. The first-order valence-corrected chi connectivity index (χ1v) is 4.38. The molecule has 2 saturated heterocycles. The van der Waals surface area contributed by atoms with Crippen molar-refractivity contribution in [3.63, 3.8) is 0 Å². The Kier molecular flexibility index (Phi) is 1.91.